The fourth-order valence-corrected chi connectivity index (χ4v) is 8.48. The molecule has 4 heterocycles. The SMILES string of the molecule is C[C@@H]1C(SCCSC=NN2CCN(c3cc4c(cc3F)c(=O)c(C(=O)[O-])cn4C3CC3)CC2)=C(C(=O)[O-])N2C(=O)[C@@H]([C@@H](C)O)[C@H]12.[Na+].[Na+]. The molecule has 1 amide bonds. The molecule has 1 aromatic heterocycles. The third-order valence-corrected chi connectivity index (χ3v) is 11.1. The Hall–Kier alpha value is -1.56. The van der Waals surface area contributed by atoms with E-state index in [1.54, 1.807) is 23.1 Å². The van der Waals surface area contributed by atoms with Crippen LogP contribution in [0.1, 0.15) is 43.1 Å². The number of aromatic carboxylic acids is 1. The molecule has 0 spiro atoms. The number of carboxylic acid groups (broad SMARTS) is 2. The Morgan fingerprint density at radius 3 is 2.38 bits per heavy atom. The molecule has 1 aliphatic carbocycles. The van der Waals surface area contributed by atoms with Crippen LogP contribution in [0.15, 0.2) is 38.8 Å². The zero-order chi connectivity index (χ0) is 32.2. The van der Waals surface area contributed by atoms with Crippen molar-refractivity contribution in [3.05, 3.63) is 50.5 Å². The van der Waals surface area contributed by atoms with Crippen molar-refractivity contribution in [1.29, 1.82) is 0 Å². The number of hydrogen-bond acceptors (Lipinski definition) is 12. The van der Waals surface area contributed by atoms with Crippen LogP contribution in [0.3, 0.4) is 0 Å². The number of benzene rings is 1. The molecule has 2 aromatic rings. The second-order valence-electron chi connectivity index (χ2n) is 11.8. The third-order valence-electron chi connectivity index (χ3n) is 8.90. The topological polar surface area (TPSA) is 162 Å². The summed E-state index contributed by atoms with van der Waals surface area (Å²) in [5, 5.41) is 39.7. The molecule has 1 aromatic carbocycles. The number of anilines is 1. The van der Waals surface area contributed by atoms with E-state index in [1.165, 1.54) is 34.6 Å². The van der Waals surface area contributed by atoms with Crippen molar-refractivity contribution in [3.8, 4) is 0 Å². The predicted octanol–water partition coefficient (Wildman–Crippen LogP) is -5.80. The van der Waals surface area contributed by atoms with Gasteiger partial charge in [0.1, 0.15) is 5.82 Å². The molecule has 1 saturated carbocycles. The molecule has 0 unspecified atom stereocenters. The Kier molecular flexibility index (Phi) is 12.7. The number of aliphatic carboxylic acids is 1. The molecule has 240 valence electrons. The van der Waals surface area contributed by atoms with Crippen LogP contribution in [-0.4, -0.2) is 92.8 Å². The number of piperazine rings is 1. The van der Waals surface area contributed by atoms with E-state index in [1.807, 2.05) is 16.8 Å². The number of aliphatic hydroxyl groups is 1. The standard InChI is InChI=1S/C30H34FN5O7S2.2Na/c1-15-24-23(16(2)37)28(39)36(24)25(30(42)43)27(15)45-10-9-44-14-32-34-7-5-33(6-8-34)22-12-21-18(11-20(22)31)26(38)19(29(40)41)13-35(21)17-3-4-17;;/h11-17,23-24,37H,3-10H2,1-2H3,(H,40,41)(H,42,43);;/q;2*+1/p-2/t15-,16+,23-,24-;;/m0../s1. The molecule has 47 heavy (non-hydrogen) atoms. The molecule has 4 atom stereocenters. The summed E-state index contributed by atoms with van der Waals surface area (Å²) in [6.07, 6.45) is 2.16. The summed E-state index contributed by atoms with van der Waals surface area (Å²) in [4.78, 5) is 52.3. The van der Waals surface area contributed by atoms with Gasteiger partial charge in [-0.1, -0.05) is 6.92 Å². The van der Waals surface area contributed by atoms with Gasteiger partial charge in [-0.05, 0) is 31.9 Å². The summed E-state index contributed by atoms with van der Waals surface area (Å²) in [6.45, 7) is 5.48. The number of hydrazone groups is 1. The fraction of sp³-hybridized carbons (Fsp3) is 0.500. The molecule has 0 bridgehead atoms. The van der Waals surface area contributed by atoms with Gasteiger partial charge in [0.15, 0.2) is 5.43 Å². The maximum absolute atomic E-state index is 15.2. The molecule has 12 nitrogen and oxygen atoms in total. The van der Waals surface area contributed by atoms with Crippen LogP contribution >= 0.6 is 23.5 Å². The molecule has 0 radical (unpaired) electrons. The number of thioether (sulfide) groups is 2. The molecule has 3 fully saturated rings. The minimum atomic E-state index is -1.57. The van der Waals surface area contributed by atoms with Gasteiger partial charge in [-0.3, -0.25) is 14.6 Å². The fourth-order valence-electron chi connectivity index (χ4n) is 6.51. The van der Waals surface area contributed by atoms with Crippen LogP contribution < -0.4 is 79.7 Å². The van der Waals surface area contributed by atoms with Gasteiger partial charge in [0.2, 0.25) is 5.91 Å². The number of fused-ring (bicyclic) bond motifs is 2. The second kappa shape index (κ2) is 15.5. The van der Waals surface area contributed by atoms with Crippen molar-refractivity contribution < 1.29 is 93.2 Å². The van der Waals surface area contributed by atoms with Crippen LogP contribution in [0.5, 0.6) is 0 Å². The van der Waals surface area contributed by atoms with Crippen molar-refractivity contribution in [2.45, 2.75) is 44.9 Å². The number of aromatic nitrogens is 1. The largest absolute Gasteiger partial charge is 1.00 e. The number of carboxylic acids is 2. The summed E-state index contributed by atoms with van der Waals surface area (Å²) in [5.74, 6) is -3.51. The summed E-state index contributed by atoms with van der Waals surface area (Å²) < 4.78 is 17.0. The number of hydrogen-bond donors (Lipinski definition) is 1. The van der Waals surface area contributed by atoms with E-state index in [4.69, 9.17) is 0 Å². The number of amides is 1. The van der Waals surface area contributed by atoms with Crippen molar-refractivity contribution in [3.63, 3.8) is 0 Å². The Labute approximate surface area is 323 Å². The van der Waals surface area contributed by atoms with Gasteiger partial charge >= 0.3 is 59.1 Å². The van der Waals surface area contributed by atoms with Crippen LogP contribution in [-0.2, 0) is 9.59 Å². The smallest absolute Gasteiger partial charge is 0.545 e. The molecule has 17 heteroatoms. The third kappa shape index (κ3) is 7.34. The van der Waals surface area contributed by atoms with Gasteiger partial charge in [-0.15, -0.1) is 23.5 Å². The van der Waals surface area contributed by atoms with Gasteiger partial charge in [-0.25, -0.2) is 4.39 Å². The van der Waals surface area contributed by atoms with Gasteiger partial charge in [-0.2, -0.15) is 5.10 Å². The molecule has 2 saturated heterocycles. The maximum Gasteiger partial charge on any atom is 1.00 e. The first-order chi connectivity index (χ1) is 21.5. The predicted molar refractivity (Wildman–Crippen MR) is 165 cm³/mol. The van der Waals surface area contributed by atoms with Crippen molar-refractivity contribution >= 4 is 63.5 Å². The van der Waals surface area contributed by atoms with E-state index in [0.29, 0.717) is 53.8 Å². The van der Waals surface area contributed by atoms with E-state index in [9.17, 15) is 34.5 Å². The zero-order valence-corrected chi connectivity index (χ0v) is 32.3. The molecule has 4 aliphatic rings. The van der Waals surface area contributed by atoms with Gasteiger partial charge in [0.25, 0.3) is 0 Å². The molecular weight excluding hydrogens is 671 g/mol. The number of carbonyl (C=O) groups is 3. The Morgan fingerprint density at radius 1 is 1.11 bits per heavy atom. The number of halogens is 1. The van der Waals surface area contributed by atoms with Gasteiger partial charge in [0.05, 0.1) is 71.1 Å². The normalized spacial score (nSPS) is 23.0. The number of carbonyl (C=O) groups excluding carboxylic acids is 3. The average Bonchev–Trinajstić information content (AvgIpc) is 3.80. The Morgan fingerprint density at radius 2 is 1.79 bits per heavy atom. The van der Waals surface area contributed by atoms with E-state index in [-0.39, 0.29) is 94.1 Å². The first-order valence-corrected chi connectivity index (χ1v) is 16.9. The second-order valence-corrected chi connectivity index (χ2v) is 13.8. The van der Waals surface area contributed by atoms with Crippen LogP contribution in [0.4, 0.5) is 10.1 Å². The molecule has 6 rings (SSSR count). The van der Waals surface area contributed by atoms with Crippen molar-refractivity contribution in [2.75, 3.05) is 42.6 Å². The first-order valence-electron chi connectivity index (χ1n) is 14.8. The summed E-state index contributed by atoms with van der Waals surface area (Å²) in [6, 6.07) is 2.46. The zero-order valence-electron chi connectivity index (χ0n) is 26.7. The minimum absolute atomic E-state index is 0. The number of aliphatic hydroxyl groups excluding tert-OH is 1. The van der Waals surface area contributed by atoms with Gasteiger partial charge in [0, 0.05) is 53.0 Å². The molecule has 3 aliphatic heterocycles. The van der Waals surface area contributed by atoms with Crippen LogP contribution in [0.25, 0.3) is 10.9 Å². The van der Waals surface area contributed by atoms with Crippen LogP contribution in [0, 0.1) is 17.7 Å². The van der Waals surface area contributed by atoms with E-state index in [0.717, 1.165) is 18.9 Å². The summed E-state index contributed by atoms with van der Waals surface area (Å²) in [5.41, 5.74) is 1.28. The number of β-lactam (4-membered cyclic amide) rings is 1. The maximum atomic E-state index is 15.2. The number of rotatable bonds is 11. The monoisotopic (exact) mass is 703 g/mol. The summed E-state index contributed by atoms with van der Waals surface area (Å²) >= 11 is 2.85. The molecular formula is C30H32FN5Na2O7S2. The number of nitrogens with zero attached hydrogens (tertiary/aromatic N) is 5. The molecule has 1 N–H and O–H groups in total. The van der Waals surface area contributed by atoms with E-state index in [2.05, 4.69) is 5.10 Å². The first kappa shape index (κ1) is 38.2. The number of pyridine rings is 1. The van der Waals surface area contributed by atoms with E-state index >= 15 is 4.39 Å². The summed E-state index contributed by atoms with van der Waals surface area (Å²) in [7, 11) is 0. The quantitative estimate of drug-likeness (QED) is 0.0781. The van der Waals surface area contributed by atoms with Crippen LogP contribution in [0.2, 0.25) is 0 Å². The van der Waals surface area contributed by atoms with Crippen molar-refractivity contribution in [2.24, 2.45) is 16.9 Å². The minimum Gasteiger partial charge on any atom is -0.545 e. The van der Waals surface area contributed by atoms with Crippen molar-refractivity contribution in [1.82, 2.24) is 14.5 Å². The van der Waals surface area contributed by atoms with Gasteiger partial charge < -0.3 is 39.3 Å². The Balaban J connectivity index is 0.00000250. The van der Waals surface area contributed by atoms with E-state index < -0.39 is 40.8 Å². The Bertz CT molecular complexity index is 1690. The average molecular weight is 704 g/mol.